The molecule has 3 heteroatoms. The van der Waals surface area contributed by atoms with E-state index in [0.717, 1.165) is 0 Å². The van der Waals surface area contributed by atoms with E-state index in [2.05, 4.69) is 0 Å². The monoisotopic (exact) mass is 118 g/mol. The van der Waals surface area contributed by atoms with Crippen molar-refractivity contribution in [2.75, 3.05) is 0 Å². The van der Waals surface area contributed by atoms with Gasteiger partial charge in [-0.25, -0.2) is 0 Å². The van der Waals surface area contributed by atoms with Crippen LogP contribution in [0.15, 0.2) is 0 Å². The van der Waals surface area contributed by atoms with Gasteiger partial charge >= 0.3 is 0 Å². The number of nitrogens with two attached hydrogens (primary N) is 2. The SMILES string of the molecule is CC(N)C(N)C(C)O. The maximum atomic E-state index is 8.79. The number of rotatable bonds is 2. The molecule has 0 aromatic heterocycles. The highest BCUT2D eigenvalue weighted by Crippen LogP contribution is 1.90. The molecule has 0 spiro atoms. The van der Waals surface area contributed by atoms with E-state index < -0.39 is 6.10 Å². The van der Waals surface area contributed by atoms with Crippen LogP contribution in [0.1, 0.15) is 13.8 Å². The third-order valence-corrected chi connectivity index (χ3v) is 1.16. The van der Waals surface area contributed by atoms with Crippen molar-refractivity contribution in [2.24, 2.45) is 11.5 Å². The predicted molar refractivity (Wildman–Crippen MR) is 33.3 cm³/mol. The Balaban J connectivity index is 3.46. The minimum Gasteiger partial charge on any atom is -0.392 e. The molecule has 3 unspecified atom stereocenters. The number of aliphatic hydroxyl groups is 1. The summed E-state index contributed by atoms with van der Waals surface area (Å²) in [5, 5.41) is 8.79. The zero-order valence-corrected chi connectivity index (χ0v) is 5.33. The molecule has 50 valence electrons. The topological polar surface area (TPSA) is 72.3 Å². The summed E-state index contributed by atoms with van der Waals surface area (Å²) in [6.07, 6.45) is -0.505. The summed E-state index contributed by atoms with van der Waals surface area (Å²) in [5.41, 5.74) is 10.7. The molecule has 5 N–H and O–H groups in total. The molecule has 0 fully saturated rings. The second-order valence-electron chi connectivity index (χ2n) is 2.18. The first-order chi connectivity index (χ1) is 3.55. The Labute approximate surface area is 49.7 Å². The fourth-order valence-electron chi connectivity index (χ4n) is 0.439. The lowest BCUT2D eigenvalue weighted by molar-refractivity contribution is 0.154. The second-order valence-corrected chi connectivity index (χ2v) is 2.18. The van der Waals surface area contributed by atoms with Crippen LogP contribution in [-0.2, 0) is 0 Å². The Morgan fingerprint density at radius 1 is 1.25 bits per heavy atom. The van der Waals surface area contributed by atoms with Crippen LogP contribution in [0.2, 0.25) is 0 Å². The summed E-state index contributed by atoms with van der Waals surface area (Å²) in [6, 6.07) is -0.426. The molecule has 0 radical (unpaired) electrons. The van der Waals surface area contributed by atoms with Gasteiger partial charge in [-0.2, -0.15) is 0 Å². The van der Waals surface area contributed by atoms with Gasteiger partial charge in [0.05, 0.1) is 6.10 Å². The van der Waals surface area contributed by atoms with E-state index in [1.54, 1.807) is 13.8 Å². The first-order valence-corrected chi connectivity index (χ1v) is 2.75. The van der Waals surface area contributed by atoms with Crippen LogP contribution in [0.4, 0.5) is 0 Å². The molecule has 3 atom stereocenters. The van der Waals surface area contributed by atoms with E-state index >= 15 is 0 Å². The van der Waals surface area contributed by atoms with Crippen molar-refractivity contribution in [3.63, 3.8) is 0 Å². The molecule has 0 rings (SSSR count). The van der Waals surface area contributed by atoms with E-state index in [-0.39, 0.29) is 12.1 Å². The van der Waals surface area contributed by atoms with Crippen LogP contribution in [0, 0.1) is 0 Å². The van der Waals surface area contributed by atoms with Crippen LogP contribution in [0.25, 0.3) is 0 Å². The summed E-state index contributed by atoms with van der Waals surface area (Å²) in [4.78, 5) is 0. The summed E-state index contributed by atoms with van der Waals surface area (Å²) < 4.78 is 0. The van der Waals surface area contributed by atoms with Gasteiger partial charge in [-0.3, -0.25) is 0 Å². The van der Waals surface area contributed by atoms with E-state index in [0.29, 0.717) is 0 Å². The molecule has 0 aromatic carbocycles. The largest absolute Gasteiger partial charge is 0.392 e. The van der Waals surface area contributed by atoms with Crippen molar-refractivity contribution in [2.45, 2.75) is 32.0 Å². The molecule has 0 aliphatic heterocycles. The summed E-state index contributed by atoms with van der Waals surface area (Å²) in [6.45, 7) is 3.41. The third kappa shape index (κ3) is 2.26. The van der Waals surface area contributed by atoms with Crippen molar-refractivity contribution >= 4 is 0 Å². The molecule has 0 heterocycles. The molecule has 0 aliphatic carbocycles. The Kier molecular flexibility index (Phi) is 2.97. The van der Waals surface area contributed by atoms with Crippen molar-refractivity contribution in [1.82, 2.24) is 0 Å². The number of hydrogen-bond acceptors (Lipinski definition) is 3. The number of hydrogen-bond donors (Lipinski definition) is 3. The second kappa shape index (κ2) is 3.02. The van der Waals surface area contributed by atoms with Gasteiger partial charge in [0, 0.05) is 12.1 Å². The average Bonchev–Trinajstić information content (AvgIpc) is 1.64. The van der Waals surface area contributed by atoms with Crippen molar-refractivity contribution in [1.29, 1.82) is 0 Å². The number of aliphatic hydroxyl groups excluding tert-OH is 1. The quantitative estimate of drug-likeness (QED) is 0.437. The summed E-state index contributed by atoms with van der Waals surface area (Å²) in [5.74, 6) is 0. The lowest BCUT2D eigenvalue weighted by atomic mass is 10.1. The molecule has 0 aliphatic rings. The summed E-state index contributed by atoms with van der Waals surface area (Å²) >= 11 is 0. The smallest absolute Gasteiger partial charge is 0.0678 e. The lowest BCUT2D eigenvalue weighted by Gasteiger charge is -2.17. The minimum absolute atomic E-state index is 0.130. The molecule has 0 bridgehead atoms. The maximum Gasteiger partial charge on any atom is 0.0678 e. The van der Waals surface area contributed by atoms with Gasteiger partial charge in [-0.15, -0.1) is 0 Å². The third-order valence-electron chi connectivity index (χ3n) is 1.16. The normalized spacial score (nSPS) is 22.1. The van der Waals surface area contributed by atoms with Gasteiger partial charge in [-0.1, -0.05) is 0 Å². The van der Waals surface area contributed by atoms with E-state index in [1.807, 2.05) is 0 Å². The fourth-order valence-corrected chi connectivity index (χ4v) is 0.439. The Morgan fingerprint density at radius 3 is 1.62 bits per heavy atom. The van der Waals surface area contributed by atoms with E-state index in [4.69, 9.17) is 16.6 Å². The van der Waals surface area contributed by atoms with Crippen LogP contribution in [0.5, 0.6) is 0 Å². The molecule has 0 amide bonds. The van der Waals surface area contributed by atoms with E-state index in [9.17, 15) is 0 Å². The van der Waals surface area contributed by atoms with Crippen molar-refractivity contribution in [3.05, 3.63) is 0 Å². The Bertz CT molecular complexity index is 55.4. The highest BCUT2D eigenvalue weighted by molar-refractivity contribution is 4.75. The van der Waals surface area contributed by atoms with Gasteiger partial charge in [0.15, 0.2) is 0 Å². The van der Waals surface area contributed by atoms with Crippen LogP contribution < -0.4 is 11.5 Å². The molecular weight excluding hydrogens is 104 g/mol. The van der Waals surface area contributed by atoms with Gasteiger partial charge in [0.25, 0.3) is 0 Å². The van der Waals surface area contributed by atoms with Crippen molar-refractivity contribution < 1.29 is 5.11 Å². The Hall–Kier alpha value is -0.120. The summed E-state index contributed by atoms with van der Waals surface area (Å²) in [7, 11) is 0. The van der Waals surface area contributed by atoms with Crippen LogP contribution >= 0.6 is 0 Å². The predicted octanol–water partition coefficient (Wildman–Crippen LogP) is -0.958. The van der Waals surface area contributed by atoms with Crippen LogP contribution in [-0.4, -0.2) is 23.3 Å². The maximum absolute atomic E-state index is 8.79. The van der Waals surface area contributed by atoms with Crippen LogP contribution in [0.3, 0.4) is 0 Å². The minimum atomic E-state index is -0.505. The molecular formula is C5H14N2O. The van der Waals surface area contributed by atoms with Gasteiger partial charge < -0.3 is 16.6 Å². The first-order valence-electron chi connectivity index (χ1n) is 2.75. The molecule has 8 heavy (non-hydrogen) atoms. The molecule has 0 saturated heterocycles. The highest BCUT2D eigenvalue weighted by Gasteiger charge is 2.12. The van der Waals surface area contributed by atoms with Gasteiger partial charge in [0.2, 0.25) is 0 Å². The first kappa shape index (κ1) is 7.88. The average molecular weight is 118 g/mol. The molecule has 0 aromatic rings. The van der Waals surface area contributed by atoms with Gasteiger partial charge in [-0.05, 0) is 13.8 Å². The zero-order valence-electron chi connectivity index (χ0n) is 5.33. The Morgan fingerprint density at radius 2 is 1.62 bits per heavy atom. The van der Waals surface area contributed by atoms with E-state index in [1.165, 1.54) is 0 Å². The van der Waals surface area contributed by atoms with Crippen molar-refractivity contribution in [3.8, 4) is 0 Å². The molecule has 3 nitrogen and oxygen atoms in total. The van der Waals surface area contributed by atoms with Gasteiger partial charge in [0.1, 0.15) is 0 Å². The standard InChI is InChI=1S/C5H14N2O/c1-3(6)5(7)4(2)8/h3-5,8H,6-7H2,1-2H3. The highest BCUT2D eigenvalue weighted by atomic mass is 16.3. The zero-order chi connectivity index (χ0) is 6.73. The lowest BCUT2D eigenvalue weighted by Crippen LogP contribution is -2.46. The fraction of sp³-hybridized carbons (Fsp3) is 1.00. The molecule has 0 saturated carbocycles.